The van der Waals surface area contributed by atoms with Gasteiger partial charge in [-0.3, -0.25) is 14.5 Å². The van der Waals surface area contributed by atoms with E-state index >= 15 is 0 Å². The van der Waals surface area contributed by atoms with Crippen LogP contribution in [0.15, 0.2) is 48.5 Å². The van der Waals surface area contributed by atoms with Crippen LogP contribution in [0.25, 0.3) is 0 Å². The van der Waals surface area contributed by atoms with Gasteiger partial charge in [-0.15, -0.1) is 0 Å². The zero-order valence-electron chi connectivity index (χ0n) is 17.9. The van der Waals surface area contributed by atoms with Crippen LogP contribution in [-0.2, 0) is 9.59 Å². The van der Waals surface area contributed by atoms with E-state index in [0.29, 0.717) is 6.54 Å². The Balaban J connectivity index is 1.66. The third-order valence-corrected chi connectivity index (χ3v) is 4.76. The number of carbonyl (C=O) groups is 2. The second-order valence-corrected chi connectivity index (χ2v) is 7.45. The molecule has 0 aliphatic carbocycles. The van der Waals surface area contributed by atoms with Crippen molar-refractivity contribution < 1.29 is 9.59 Å². The van der Waals surface area contributed by atoms with Gasteiger partial charge in [-0.2, -0.15) is 0 Å². The van der Waals surface area contributed by atoms with Crippen molar-refractivity contribution in [3.05, 3.63) is 59.7 Å². The Morgan fingerprint density at radius 3 is 2.14 bits per heavy atom. The molecule has 6 nitrogen and oxygen atoms in total. The molecular weight excluding hydrogens is 364 g/mol. The first-order chi connectivity index (χ1) is 13.9. The molecule has 2 rings (SSSR count). The fraction of sp³-hybridized carbons (Fsp3) is 0.391. The van der Waals surface area contributed by atoms with Crippen molar-refractivity contribution in [1.82, 2.24) is 10.2 Å². The molecule has 6 heteroatoms. The van der Waals surface area contributed by atoms with E-state index in [2.05, 4.69) is 27.7 Å². The van der Waals surface area contributed by atoms with E-state index in [9.17, 15) is 9.59 Å². The lowest BCUT2D eigenvalue weighted by atomic mass is 10.1. The fourth-order valence-corrected chi connectivity index (χ4v) is 3.15. The van der Waals surface area contributed by atoms with Crippen molar-refractivity contribution in [3.63, 3.8) is 0 Å². The number of carbonyl (C=O) groups excluding carboxylic acids is 2. The maximum absolute atomic E-state index is 12.3. The second kappa shape index (κ2) is 11.2. The third-order valence-electron chi connectivity index (χ3n) is 4.76. The number of hydrogen-bond acceptors (Lipinski definition) is 4. The molecule has 0 atom stereocenters. The van der Waals surface area contributed by atoms with Crippen LogP contribution in [0.4, 0.5) is 11.4 Å². The summed E-state index contributed by atoms with van der Waals surface area (Å²) in [5.74, 6) is -0.197. The van der Waals surface area contributed by atoms with Gasteiger partial charge in [-0.05, 0) is 50.6 Å². The van der Waals surface area contributed by atoms with E-state index in [4.69, 9.17) is 0 Å². The SMILES string of the molecule is Cc1cccc(C)c1NC(=O)CN(C)CC(=O)NCCCN(C)c1ccccc1. The number of nitrogens with zero attached hydrogens (tertiary/aromatic N) is 2. The molecule has 0 saturated carbocycles. The first-order valence-corrected chi connectivity index (χ1v) is 9.94. The average Bonchev–Trinajstić information content (AvgIpc) is 2.68. The summed E-state index contributed by atoms with van der Waals surface area (Å²) in [7, 11) is 3.81. The molecule has 0 heterocycles. The molecule has 29 heavy (non-hydrogen) atoms. The van der Waals surface area contributed by atoms with Gasteiger partial charge in [0.15, 0.2) is 0 Å². The van der Waals surface area contributed by atoms with E-state index in [0.717, 1.165) is 35.5 Å². The maximum atomic E-state index is 12.3. The number of aryl methyl sites for hydroxylation is 2. The largest absolute Gasteiger partial charge is 0.375 e. The summed E-state index contributed by atoms with van der Waals surface area (Å²) < 4.78 is 0. The van der Waals surface area contributed by atoms with Crippen molar-refractivity contribution in [3.8, 4) is 0 Å². The number of amides is 2. The Morgan fingerprint density at radius 1 is 0.862 bits per heavy atom. The summed E-state index contributed by atoms with van der Waals surface area (Å²) in [6.45, 7) is 5.76. The molecule has 0 unspecified atom stereocenters. The molecule has 2 aromatic carbocycles. The first-order valence-electron chi connectivity index (χ1n) is 9.94. The molecule has 0 radical (unpaired) electrons. The zero-order valence-corrected chi connectivity index (χ0v) is 17.9. The molecule has 2 N–H and O–H groups in total. The van der Waals surface area contributed by atoms with Gasteiger partial charge in [0.2, 0.25) is 11.8 Å². The second-order valence-electron chi connectivity index (χ2n) is 7.45. The van der Waals surface area contributed by atoms with Crippen molar-refractivity contribution in [2.45, 2.75) is 20.3 Å². The average molecular weight is 397 g/mol. The number of para-hydroxylation sites is 2. The summed E-state index contributed by atoms with van der Waals surface area (Å²) in [5.41, 5.74) is 4.06. The minimum absolute atomic E-state index is 0.0743. The van der Waals surface area contributed by atoms with Crippen molar-refractivity contribution >= 4 is 23.2 Å². The Bertz CT molecular complexity index is 788. The number of benzene rings is 2. The fourth-order valence-electron chi connectivity index (χ4n) is 3.15. The predicted molar refractivity (Wildman–Crippen MR) is 119 cm³/mol. The van der Waals surface area contributed by atoms with E-state index in [1.165, 1.54) is 0 Å². The number of rotatable bonds is 10. The van der Waals surface area contributed by atoms with Crippen LogP contribution in [0.5, 0.6) is 0 Å². The number of hydrogen-bond donors (Lipinski definition) is 2. The standard InChI is InChI=1S/C23H32N4O2/c1-18-10-8-11-19(2)23(18)25-22(29)17-26(3)16-21(28)24-14-9-15-27(4)20-12-6-5-7-13-20/h5-8,10-13H,9,14-17H2,1-4H3,(H,24,28)(H,25,29). The highest BCUT2D eigenvalue weighted by Crippen LogP contribution is 2.19. The van der Waals surface area contributed by atoms with E-state index in [-0.39, 0.29) is 24.9 Å². The number of nitrogens with one attached hydrogen (secondary N) is 2. The summed E-state index contributed by atoms with van der Waals surface area (Å²) in [4.78, 5) is 28.3. The molecule has 0 saturated heterocycles. The lowest BCUT2D eigenvalue weighted by molar-refractivity contribution is -0.122. The van der Waals surface area contributed by atoms with Crippen LogP contribution < -0.4 is 15.5 Å². The highest BCUT2D eigenvalue weighted by atomic mass is 16.2. The van der Waals surface area contributed by atoms with Crippen molar-refractivity contribution in [2.75, 3.05) is 50.5 Å². The maximum Gasteiger partial charge on any atom is 0.238 e. The van der Waals surface area contributed by atoms with Crippen LogP contribution in [0, 0.1) is 13.8 Å². The van der Waals surface area contributed by atoms with E-state index in [1.54, 1.807) is 11.9 Å². The topological polar surface area (TPSA) is 64.7 Å². The third kappa shape index (κ3) is 7.58. The molecule has 0 spiro atoms. The quantitative estimate of drug-likeness (QED) is 0.606. The summed E-state index contributed by atoms with van der Waals surface area (Å²) in [6.07, 6.45) is 0.855. The summed E-state index contributed by atoms with van der Waals surface area (Å²) in [5, 5.41) is 5.87. The highest BCUT2D eigenvalue weighted by molar-refractivity contribution is 5.94. The van der Waals surface area contributed by atoms with Crippen LogP contribution in [0.3, 0.4) is 0 Å². The molecule has 156 valence electrons. The van der Waals surface area contributed by atoms with Gasteiger partial charge in [0.1, 0.15) is 0 Å². The Kier molecular flexibility index (Phi) is 8.68. The molecule has 2 aromatic rings. The van der Waals surface area contributed by atoms with Gasteiger partial charge in [0.25, 0.3) is 0 Å². The van der Waals surface area contributed by atoms with Crippen LogP contribution in [0.2, 0.25) is 0 Å². The number of anilines is 2. The van der Waals surface area contributed by atoms with Gasteiger partial charge in [-0.1, -0.05) is 36.4 Å². The van der Waals surface area contributed by atoms with E-state index in [1.807, 2.05) is 57.3 Å². The number of likely N-dealkylation sites (N-methyl/N-ethyl adjacent to an activating group) is 1. The monoisotopic (exact) mass is 396 g/mol. The minimum Gasteiger partial charge on any atom is -0.375 e. The Hall–Kier alpha value is -2.86. The predicted octanol–water partition coefficient (Wildman–Crippen LogP) is 2.82. The van der Waals surface area contributed by atoms with Crippen LogP contribution in [-0.4, -0.2) is 57.0 Å². The van der Waals surface area contributed by atoms with Crippen LogP contribution >= 0.6 is 0 Å². The molecule has 0 fully saturated rings. The summed E-state index contributed by atoms with van der Waals surface area (Å²) >= 11 is 0. The lowest BCUT2D eigenvalue weighted by Crippen LogP contribution is -2.39. The Labute approximate surface area is 173 Å². The lowest BCUT2D eigenvalue weighted by Gasteiger charge is -2.20. The molecule has 2 amide bonds. The van der Waals surface area contributed by atoms with Crippen LogP contribution in [0.1, 0.15) is 17.5 Å². The molecule has 0 bridgehead atoms. The first kappa shape index (κ1) is 22.4. The van der Waals surface area contributed by atoms with Gasteiger partial charge in [-0.25, -0.2) is 0 Å². The van der Waals surface area contributed by atoms with Gasteiger partial charge in [0, 0.05) is 31.5 Å². The molecule has 0 aliphatic heterocycles. The normalized spacial score (nSPS) is 10.7. The molecular formula is C23H32N4O2. The van der Waals surface area contributed by atoms with Crippen molar-refractivity contribution in [1.29, 1.82) is 0 Å². The summed E-state index contributed by atoms with van der Waals surface area (Å²) in [6, 6.07) is 16.1. The van der Waals surface area contributed by atoms with Gasteiger partial charge >= 0.3 is 0 Å². The van der Waals surface area contributed by atoms with E-state index < -0.39 is 0 Å². The van der Waals surface area contributed by atoms with Crippen molar-refractivity contribution in [2.24, 2.45) is 0 Å². The molecule has 0 aromatic heterocycles. The smallest absolute Gasteiger partial charge is 0.238 e. The zero-order chi connectivity index (χ0) is 21.2. The molecule has 0 aliphatic rings. The van der Waals surface area contributed by atoms with Gasteiger partial charge in [0.05, 0.1) is 13.1 Å². The Morgan fingerprint density at radius 2 is 1.48 bits per heavy atom. The minimum atomic E-state index is -0.123. The van der Waals surface area contributed by atoms with Gasteiger partial charge < -0.3 is 15.5 Å². The highest BCUT2D eigenvalue weighted by Gasteiger charge is 2.12.